The van der Waals surface area contributed by atoms with Gasteiger partial charge in [0, 0.05) is 20.1 Å². The monoisotopic (exact) mass is 246 g/mol. The van der Waals surface area contributed by atoms with Crippen LogP contribution in [0.25, 0.3) is 0 Å². The molecular weight excluding hydrogens is 228 g/mol. The Morgan fingerprint density at radius 3 is 2.72 bits per heavy atom. The third kappa shape index (κ3) is 3.06. The number of allylic oxidation sites excluding steroid dienone is 1. The van der Waals surface area contributed by atoms with Crippen molar-refractivity contribution in [3.05, 3.63) is 30.0 Å². The summed E-state index contributed by atoms with van der Waals surface area (Å²) in [6.45, 7) is 0. The molecule has 0 spiro atoms. The minimum atomic E-state index is -0.130. The average Bonchev–Trinajstić information content (AvgIpc) is 2.40. The number of anilines is 1. The van der Waals surface area contributed by atoms with Gasteiger partial charge in [0.05, 0.1) is 0 Å². The summed E-state index contributed by atoms with van der Waals surface area (Å²) < 4.78 is 0. The number of hydrogen-bond acceptors (Lipinski definition) is 4. The molecule has 1 atom stereocenters. The van der Waals surface area contributed by atoms with E-state index in [1.165, 1.54) is 4.90 Å². The van der Waals surface area contributed by atoms with Gasteiger partial charge in [-0.2, -0.15) is 0 Å². The lowest BCUT2D eigenvalue weighted by atomic mass is 10.0. The molecule has 0 saturated carbocycles. The van der Waals surface area contributed by atoms with Crippen molar-refractivity contribution in [1.29, 1.82) is 0 Å². The zero-order chi connectivity index (χ0) is 13.0. The van der Waals surface area contributed by atoms with E-state index >= 15 is 0 Å². The molecule has 96 valence electrons. The fourth-order valence-electron chi connectivity index (χ4n) is 1.89. The predicted molar refractivity (Wildman–Crippen MR) is 70.5 cm³/mol. The molecule has 5 nitrogen and oxygen atoms in total. The summed E-state index contributed by atoms with van der Waals surface area (Å²) in [4.78, 5) is 13.1. The largest absolute Gasteiger partial charge is 0.366 e. The Kier molecular flexibility index (Phi) is 3.92. The van der Waals surface area contributed by atoms with Crippen molar-refractivity contribution in [3.63, 3.8) is 0 Å². The third-order valence-electron chi connectivity index (χ3n) is 2.91. The quantitative estimate of drug-likeness (QED) is 0.825. The molecule has 0 radical (unpaired) electrons. The highest BCUT2D eigenvalue weighted by Gasteiger charge is 2.12. The standard InChI is InChI=1S/C13H18N4O/c1-17(2)13(18)11-8-9-12(16-15-11)14-10-6-4-3-5-7-10/h3-4,8-10H,5-7H2,1-2H3,(H,14,16). The summed E-state index contributed by atoms with van der Waals surface area (Å²) in [5.41, 5.74) is 0.370. The van der Waals surface area contributed by atoms with Crippen LogP contribution in [0.4, 0.5) is 5.82 Å². The van der Waals surface area contributed by atoms with E-state index in [9.17, 15) is 4.79 Å². The first-order valence-corrected chi connectivity index (χ1v) is 6.14. The van der Waals surface area contributed by atoms with Crippen LogP contribution in [0.5, 0.6) is 0 Å². The number of carbonyl (C=O) groups excluding carboxylic acids is 1. The maximum absolute atomic E-state index is 11.6. The molecule has 18 heavy (non-hydrogen) atoms. The summed E-state index contributed by atoms with van der Waals surface area (Å²) in [5, 5.41) is 11.3. The Labute approximate surface area is 107 Å². The minimum Gasteiger partial charge on any atom is -0.366 e. The van der Waals surface area contributed by atoms with Crippen LogP contribution in [-0.4, -0.2) is 41.1 Å². The van der Waals surface area contributed by atoms with E-state index in [1.54, 1.807) is 20.2 Å². The molecule has 1 N–H and O–H groups in total. The van der Waals surface area contributed by atoms with Crippen molar-refractivity contribution in [2.45, 2.75) is 25.3 Å². The first kappa shape index (κ1) is 12.5. The number of hydrogen-bond donors (Lipinski definition) is 1. The van der Waals surface area contributed by atoms with Gasteiger partial charge in [0.25, 0.3) is 5.91 Å². The van der Waals surface area contributed by atoms with Gasteiger partial charge in [-0.3, -0.25) is 4.79 Å². The third-order valence-corrected chi connectivity index (χ3v) is 2.91. The number of rotatable bonds is 3. The fraction of sp³-hybridized carbons (Fsp3) is 0.462. The van der Waals surface area contributed by atoms with Crippen molar-refractivity contribution in [2.24, 2.45) is 0 Å². The van der Waals surface area contributed by atoms with Gasteiger partial charge in [0.15, 0.2) is 5.69 Å². The van der Waals surface area contributed by atoms with Crippen molar-refractivity contribution in [3.8, 4) is 0 Å². The molecular formula is C13H18N4O. The molecule has 1 heterocycles. The summed E-state index contributed by atoms with van der Waals surface area (Å²) in [7, 11) is 3.40. The minimum absolute atomic E-state index is 0.130. The first-order valence-electron chi connectivity index (χ1n) is 6.14. The Hall–Kier alpha value is -1.91. The molecule has 1 unspecified atom stereocenters. The Morgan fingerprint density at radius 2 is 2.17 bits per heavy atom. The van der Waals surface area contributed by atoms with Crippen LogP contribution >= 0.6 is 0 Å². The molecule has 0 aliphatic heterocycles. The van der Waals surface area contributed by atoms with Crippen LogP contribution in [0, 0.1) is 0 Å². The van der Waals surface area contributed by atoms with Crippen LogP contribution in [0.15, 0.2) is 24.3 Å². The van der Waals surface area contributed by atoms with Gasteiger partial charge >= 0.3 is 0 Å². The van der Waals surface area contributed by atoms with Crippen molar-refractivity contribution < 1.29 is 4.79 Å². The van der Waals surface area contributed by atoms with E-state index in [4.69, 9.17) is 0 Å². The van der Waals surface area contributed by atoms with Crippen LogP contribution < -0.4 is 5.32 Å². The average molecular weight is 246 g/mol. The molecule has 0 aromatic carbocycles. The molecule has 5 heteroatoms. The van der Waals surface area contributed by atoms with Gasteiger partial charge in [-0.15, -0.1) is 10.2 Å². The molecule has 0 bridgehead atoms. The van der Waals surface area contributed by atoms with Crippen LogP contribution in [0.3, 0.4) is 0 Å². The molecule has 0 saturated heterocycles. The number of carbonyl (C=O) groups is 1. The number of nitrogens with one attached hydrogen (secondary N) is 1. The van der Waals surface area contributed by atoms with Crippen LogP contribution in [0.2, 0.25) is 0 Å². The number of aromatic nitrogens is 2. The number of nitrogens with zero attached hydrogens (tertiary/aromatic N) is 3. The normalized spacial score (nSPS) is 18.4. The van der Waals surface area contributed by atoms with E-state index in [2.05, 4.69) is 27.7 Å². The smallest absolute Gasteiger partial charge is 0.273 e. The van der Waals surface area contributed by atoms with Gasteiger partial charge in [-0.25, -0.2) is 0 Å². The maximum atomic E-state index is 11.6. The molecule has 0 fully saturated rings. The SMILES string of the molecule is CN(C)C(=O)c1ccc(NC2CC=CCC2)nn1. The lowest BCUT2D eigenvalue weighted by Crippen LogP contribution is -2.24. The molecule has 1 amide bonds. The summed E-state index contributed by atoms with van der Waals surface area (Å²) in [5.74, 6) is 0.597. The van der Waals surface area contributed by atoms with E-state index in [1.807, 2.05) is 6.07 Å². The maximum Gasteiger partial charge on any atom is 0.273 e. The molecule has 1 aliphatic rings. The lowest BCUT2D eigenvalue weighted by molar-refractivity contribution is 0.0821. The van der Waals surface area contributed by atoms with Crippen molar-refractivity contribution >= 4 is 11.7 Å². The first-order chi connectivity index (χ1) is 8.66. The second kappa shape index (κ2) is 5.62. The second-order valence-corrected chi connectivity index (χ2v) is 4.63. The topological polar surface area (TPSA) is 58.1 Å². The van der Waals surface area contributed by atoms with E-state index in [0.29, 0.717) is 11.7 Å². The zero-order valence-corrected chi connectivity index (χ0v) is 10.8. The fourth-order valence-corrected chi connectivity index (χ4v) is 1.89. The van der Waals surface area contributed by atoms with Crippen molar-refractivity contribution in [2.75, 3.05) is 19.4 Å². The van der Waals surface area contributed by atoms with Gasteiger partial charge in [0.2, 0.25) is 0 Å². The lowest BCUT2D eigenvalue weighted by Gasteiger charge is -2.19. The van der Waals surface area contributed by atoms with Gasteiger partial charge < -0.3 is 10.2 Å². The van der Waals surface area contributed by atoms with Crippen molar-refractivity contribution in [1.82, 2.24) is 15.1 Å². The second-order valence-electron chi connectivity index (χ2n) is 4.63. The Morgan fingerprint density at radius 1 is 1.33 bits per heavy atom. The Balaban J connectivity index is 1.99. The number of amides is 1. The Bertz CT molecular complexity index is 439. The predicted octanol–water partition coefficient (Wildman–Crippen LogP) is 1.70. The molecule has 1 aromatic rings. The van der Waals surface area contributed by atoms with E-state index in [-0.39, 0.29) is 5.91 Å². The van der Waals surface area contributed by atoms with Gasteiger partial charge in [0.1, 0.15) is 5.82 Å². The summed E-state index contributed by atoms with van der Waals surface area (Å²) in [6, 6.07) is 3.93. The van der Waals surface area contributed by atoms with Crippen LogP contribution in [0.1, 0.15) is 29.8 Å². The van der Waals surface area contributed by atoms with Gasteiger partial charge in [-0.05, 0) is 31.4 Å². The van der Waals surface area contributed by atoms with E-state index in [0.717, 1.165) is 25.1 Å². The molecule has 1 aromatic heterocycles. The summed E-state index contributed by atoms with van der Waals surface area (Å²) >= 11 is 0. The highest BCUT2D eigenvalue weighted by molar-refractivity contribution is 5.91. The zero-order valence-electron chi connectivity index (χ0n) is 10.8. The van der Waals surface area contributed by atoms with Crippen LogP contribution in [-0.2, 0) is 0 Å². The summed E-state index contributed by atoms with van der Waals surface area (Å²) in [6.07, 6.45) is 7.60. The highest BCUT2D eigenvalue weighted by Crippen LogP contribution is 2.15. The van der Waals surface area contributed by atoms with E-state index < -0.39 is 0 Å². The molecule has 2 rings (SSSR count). The highest BCUT2D eigenvalue weighted by atomic mass is 16.2. The van der Waals surface area contributed by atoms with Gasteiger partial charge in [-0.1, -0.05) is 12.2 Å². The molecule has 1 aliphatic carbocycles.